The molecule has 0 unspecified atom stereocenters. The molecule has 1 fully saturated rings. The first-order chi connectivity index (χ1) is 12.2. The summed E-state index contributed by atoms with van der Waals surface area (Å²) in [7, 11) is 1.67. The lowest BCUT2D eigenvalue weighted by Gasteiger charge is -2.37. The molecule has 0 saturated carbocycles. The van der Waals surface area contributed by atoms with Crippen molar-refractivity contribution in [1.29, 1.82) is 0 Å². The molecule has 0 radical (unpaired) electrons. The summed E-state index contributed by atoms with van der Waals surface area (Å²) in [6, 6.07) is 3.75. The number of aromatic nitrogens is 4. The molecule has 1 amide bonds. The molecule has 1 aliphatic heterocycles. The van der Waals surface area contributed by atoms with Gasteiger partial charge >= 0.3 is 0 Å². The Labute approximate surface area is 146 Å². The molecule has 1 saturated heterocycles. The van der Waals surface area contributed by atoms with Crippen LogP contribution < -0.4 is 10.2 Å². The Balaban J connectivity index is 1.49. The number of hydrogen-bond acceptors (Lipinski definition) is 7. The molecule has 2 aromatic rings. The third-order valence-electron chi connectivity index (χ3n) is 4.54. The third-order valence-corrected chi connectivity index (χ3v) is 4.54. The fourth-order valence-electron chi connectivity index (χ4n) is 2.97. The average molecular weight is 347 g/mol. The fraction of sp³-hybridized carbons (Fsp3) is 0.625. The Morgan fingerprint density at radius 2 is 2.12 bits per heavy atom. The maximum Gasteiger partial charge on any atom is 0.237 e. The summed E-state index contributed by atoms with van der Waals surface area (Å²) in [6.45, 7) is 6.60. The molecule has 2 aromatic heterocycles. The average Bonchev–Trinajstić information content (AvgIpc) is 3.12. The second-order valence-electron chi connectivity index (χ2n) is 6.16. The van der Waals surface area contributed by atoms with Gasteiger partial charge in [0.2, 0.25) is 5.91 Å². The predicted octanol–water partition coefficient (Wildman–Crippen LogP) is -0.212. The van der Waals surface area contributed by atoms with E-state index in [-0.39, 0.29) is 11.9 Å². The normalized spacial score (nSPS) is 17.0. The molecule has 0 bridgehead atoms. The van der Waals surface area contributed by atoms with Crippen molar-refractivity contribution in [3.63, 3.8) is 0 Å². The maximum absolute atomic E-state index is 12.2. The van der Waals surface area contributed by atoms with Crippen LogP contribution >= 0.6 is 0 Å². The van der Waals surface area contributed by atoms with E-state index in [1.165, 1.54) is 0 Å². The number of nitrogens with one attached hydrogen (secondary N) is 1. The molecule has 9 nitrogen and oxygen atoms in total. The van der Waals surface area contributed by atoms with Crippen LogP contribution in [0.4, 0.5) is 5.82 Å². The zero-order valence-corrected chi connectivity index (χ0v) is 14.8. The summed E-state index contributed by atoms with van der Waals surface area (Å²) in [5, 5.41) is 15.3. The van der Waals surface area contributed by atoms with Crippen molar-refractivity contribution in [1.82, 2.24) is 30.0 Å². The van der Waals surface area contributed by atoms with E-state index in [1.54, 1.807) is 18.0 Å². The molecule has 0 aliphatic carbocycles. The molecule has 1 aliphatic rings. The molecule has 1 N–H and O–H groups in total. The van der Waals surface area contributed by atoms with Gasteiger partial charge in [-0.2, -0.15) is 4.52 Å². The largest absolute Gasteiger partial charge is 0.385 e. The molecule has 25 heavy (non-hydrogen) atoms. The number of anilines is 1. The highest BCUT2D eigenvalue weighted by molar-refractivity contribution is 5.81. The predicted molar refractivity (Wildman–Crippen MR) is 93.5 cm³/mol. The molecule has 0 aromatic carbocycles. The summed E-state index contributed by atoms with van der Waals surface area (Å²) in [6.07, 6.45) is 2.44. The molecule has 136 valence electrons. The zero-order valence-electron chi connectivity index (χ0n) is 14.8. The summed E-state index contributed by atoms with van der Waals surface area (Å²) in [5.74, 6) is 0.984. The first kappa shape index (κ1) is 17.6. The van der Waals surface area contributed by atoms with E-state index in [1.807, 2.05) is 19.1 Å². The van der Waals surface area contributed by atoms with Gasteiger partial charge in [0.15, 0.2) is 5.65 Å². The Kier molecular flexibility index (Phi) is 5.77. The minimum absolute atomic E-state index is 0.0774. The Bertz CT molecular complexity index is 697. The number of carbonyl (C=O) groups is 1. The number of piperazine rings is 1. The van der Waals surface area contributed by atoms with Crippen molar-refractivity contribution in [3.8, 4) is 0 Å². The summed E-state index contributed by atoms with van der Waals surface area (Å²) < 4.78 is 6.67. The number of rotatable bonds is 7. The molecular weight excluding hydrogens is 322 g/mol. The van der Waals surface area contributed by atoms with E-state index in [0.29, 0.717) is 13.2 Å². The number of hydrogen-bond donors (Lipinski definition) is 1. The highest BCUT2D eigenvalue weighted by Gasteiger charge is 2.26. The van der Waals surface area contributed by atoms with Crippen LogP contribution in [0.1, 0.15) is 13.3 Å². The lowest BCUT2D eigenvalue weighted by atomic mass is 10.2. The third kappa shape index (κ3) is 4.23. The number of carbonyl (C=O) groups excluding carboxylic acids is 1. The quantitative estimate of drug-likeness (QED) is 0.693. The van der Waals surface area contributed by atoms with E-state index in [4.69, 9.17) is 4.74 Å². The Hall–Kier alpha value is -2.26. The smallest absolute Gasteiger partial charge is 0.237 e. The SMILES string of the molecule is COCCCNC(=O)[C@H](C)N1CCN(c2ccc3nncn3n2)CC1. The molecule has 3 heterocycles. The lowest BCUT2D eigenvalue weighted by Crippen LogP contribution is -2.54. The van der Waals surface area contributed by atoms with Gasteiger partial charge in [0.05, 0.1) is 6.04 Å². The van der Waals surface area contributed by atoms with Gasteiger partial charge < -0.3 is 15.0 Å². The van der Waals surface area contributed by atoms with Crippen molar-refractivity contribution in [2.45, 2.75) is 19.4 Å². The number of amides is 1. The number of methoxy groups -OCH3 is 1. The van der Waals surface area contributed by atoms with Crippen LogP contribution in [0, 0.1) is 0 Å². The van der Waals surface area contributed by atoms with Crippen LogP contribution in [0.3, 0.4) is 0 Å². The summed E-state index contributed by atoms with van der Waals surface area (Å²) >= 11 is 0. The van der Waals surface area contributed by atoms with Gasteiger partial charge in [0.1, 0.15) is 12.1 Å². The summed E-state index contributed by atoms with van der Waals surface area (Å²) in [5.41, 5.74) is 0.737. The van der Waals surface area contributed by atoms with E-state index in [2.05, 4.69) is 30.4 Å². The lowest BCUT2D eigenvalue weighted by molar-refractivity contribution is -0.126. The molecule has 9 heteroatoms. The van der Waals surface area contributed by atoms with Crippen LogP contribution in [0.2, 0.25) is 0 Å². The zero-order chi connectivity index (χ0) is 17.6. The molecular formula is C16H25N7O2. The molecule has 1 atom stereocenters. The highest BCUT2D eigenvalue weighted by Crippen LogP contribution is 2.15. The van der Waals surface area contributed by atoms with Crippen molar-refractivity contribution in [2.75, 3.05) is 51.3 Å². The van der Waals surface area contributed by atoms with E-state index in [0.717, 1.165) is 44.1 Å². The van der Waals surface area contributed by atoms with Gasteiger partial charge in [0, 0.05) is 46.4 Å². The van der Waals surface area contributed by atoms with Gasteiger partial charge in [-0.15, -0.1) is 15.3 Å². The van der Waals surface area contributed by atoms with Gasteiger partial charge in [-0.1, -0.05) is 0 Å². The number of ether oxygens (including phenoxy) is 1. The van der Waals surface area contributed by atoms with E-state index < -0.39 is 0 Å². The van der Waals surface area contributed by atoms with Crippen molar-refractivity contribution in [2.24, 2.45) is 0 Å². The van der Waals surface area contributed by atoms with Crippen molar-refractivity contribution in [3.05, 3.63) is 18.5 Å². The minimum atomic E-state index is -0.127. The second kappa shape index (κ2) is 8.21. The topological polar surface area (TPSA) is 87.9 Å². The van der Waals surface area contributed by atoms with Gasteiger partial charge in [-0.25, -0.2) is 0 Å². The molecule has 3 rings (SSSR count). The van der Waals surface area contributed by atoms with Gasteiger partial charge in [-0.3, -0.25) is 9.69 Å². The van der Waals surface area contributed by atoms with Crippen LogP contribution in [0.5, 0.6) is 0 Å². The van der Waals surface area contributed by atoms with Crippen molar-refractivity contribution < 1.29 is 9.53 Å². The standard InChI is InChI=1S/C16H25N7O2/c1-13(16(24)17-6-3-11-25-2)21-7-9-22(10-8-21)15-5-4-14-19-18-12-23(14)20-15/h4-5,12-13H,3,6-11H2,1-2H3,(H,17,24)/t13-/m0/s1. The number of fused-ring (bicyclic) bond motifs is 1. The van der Waals surface area contributed by atoms with Crippen LogP contribution in [0.15, 0.2) is 18.5 Å². The van der Waals surface area contributed by atoms with Crippen LogP contribution in [0.25, 0.3) is 5.65 Å². The summed E-state index contributed by atoms with van der Waals surface area (Å²) in [4.78, 5) is 16.7. The monoisotopic (exact) mass is 347 g/mol. The van der Waals surface area contributed by atoms with Crippen LogP contribution in [-0.2, 0) is 9.53 Å². The minimum Gasteiger partial charge on any atom is -0.385 e. The number of nitrogens with zero attached hydrogens (tertiary/aromatic N) is 6. The van der Waals surface area contributed by atoms with Gasteiger partial charge in [-0.05, 0) is 25.5 Å². The van der Waals surface area contributed by atoms with Crippen LogP contribution in [-0.4, -0.2) is 83.1 Å². The maximum atomic E-state index is 12.2. The van der Waals surface area contributed by atoms with Crippen molar-refractivity contribution >= 4 is 17.4 Å². The first-order valence-corrected chi connectivity index (χ1v) is 8.62. The first-order valence-electron chi connectivity index (χ1n) is 8.62. The highest BCUT2D eigenvalue weighted by atomic mass is 16.5. The Morgan fingerprint density at radius 3 is 2.88 bits per heavy atom. The fourth-order valence-corrected chi connectivity index (χ4v) is 2.97. The second-order valence-corrected chi connectivity index (χ2v) is 6.16. The molecule has 0 spiro atoms. The van der Waals surface area contributed by atoms with E-state index in [9.17, 15) is 4.79 Å². The van der Waals surface area contributed by atoms with Gasteiger partial charge in [0.25, 0.3) is 0 Å². The Morgan fingerprint density at radius 1 is 1.32 bits per heavy atom. The van der Waals surface area contributed by atoms with E-state index >= 15 is 0 Å².